The van der Waals surface area contributed by atoms with E-state index in [1.807, 2.05) is 0 Å². The van der Waals surface area contributed by atoms with Crippen LogP contribution in [0.2, 0.25) is 10.0 Å². The maximum atomic E-state index is 14.8. The fourth-order valence-corrected chi connectivity index (χ4v) is 6.17. The predicted molar refractivity (Wildman–Crippen MR) is 146 cm³/mol. The quantitative estimate of drug-likeness (QED) is 0.211. The Bertz CT molecular complexity index is 1580. The van der Waals surface area contributed by atoms with E-state index in [0.29, 0.717) is 16.7 Å². The van der Waals surface area contributed by atoms with Gasteiger partial charge in [-0.1, -0.05) is 42.3 Å². The molecule has 0 saturated carbocycles. The van der Waals surface area contributed by atoms with Gasteiger partial charge < -0.3 is 4.90 Å². The molecule has 0 aliphatic carbocycles. The van der Waals surface area contributed by atoms with Gasteiger partial charge in [-0.05, 0) is 60.6 Å². The van der Waals surface area contributed by atoms with Gasteiger partial charge in [0.25, 0.3) is 5.91 Å². The van der Waals surface area contributed by atoms with E-state index in [4.69, 9.17) is 23.2 Å². The number of likely N-dealkylation sites (tertiary alicyclic amines) is 1. The summed E-state index contributed by atoms with van der Waals surface area (Å²) in [5, 5.41) is 0.575. The molecule has 1 unspecified atom stereocenters. The summed E-state index contributed by atoms with van der Waals surface area (Å²) in [6.07, 6.45) is -4.83. The van der Waals surface area contributed by atoms with Crippen LogP contribution in [0.3, 0.4) is 0 Å². The minimum Gasteiger partial charge on any atom is -0.336 e. The van der Waals surface area contributed by atoms with E-state index in [1.54, 1.807) is 30.1 Å². The maximum absolute atomic E-state index is 14.8. The van der Waals surface area contributed by atoms with Crippen LogP contribution in [-0.4, -0.2) is 56.1 Å². The first-order valence-corrected chi connectivity index (χ1v) is 14.9. The molecule has 220 valence electrons. The molecule has 0 spiro atoms. The molecular formula is C28H25Cl2F5N2O3S. The minimum absolute atomic E-state index is 0.0398. The van der Waals surface area contributed by atoms with Crippen LogP contribution >= 0.6 is 23.2 Å². The second-order valence-corrected chi connectivity index (χ2v) is 12.9. The average Bonchev–Trinajstić information content (AvgIpc) is 3.35. The number of benzene rings is 3. The SMILES string of the molecule is CCS(=O)(=O)c1ccc(F)c(C(=O)N2CC(N(C)Cc3ccc(C(F)(F)F)c(F)c3)[C@@H](c3ccc(Cl)c(Cl)c3)C2)c1. The number of sulfone groups is 1. The Morgan fingerprint density at radius 3 is 2.29 bits per heavy atom. The Kier molecular flexibility index (Phi) is 9.04. The number of rotatable bonds is 7. The van der Waals surface area contributed by atoms with Crippen LogP contribution in [-0.2, 0) is 22.6 Å². The first kappa shape index (κ1) is 31.2. The predicted octanol–water partition coefficient (Wildman–Crippen LogP) is 6.82. The normalized spacial score (nSPS) is 17.9. The zero-order valence-corrected chi connectivity index (χ0v) is 24.2. The first-order chi connectivity index (χ1) is 19.1. The van der Waals surface area contributed by atoms with Crippen molar-refractivity contribution < 1.29 is 35.2 Å². The highest BCUT2D eigenvalue weighted by Crippen LogP contribution is 2.36. The molecule has 5 nitrogen and oxygen atoms in total. The Balaban J connectivity index is 1.66. The monoisotopic (exact) mass is 634 g/mol. The topological polar surface area (TPSA) is 57.7 Å². The molecule has 0 N–H and O–H groups in total. The van der Waals surface area contributed by atoms with E-state index in [9.17, 15) is 35.2 Å². The van der Waals surface area contributed by atoms with E-state index in [-0.39, 0.29) is 40.9 Å². The first-order valence-electron chi connectivity index (χ1n) is 12.4. The molecular weight excluding hydrogens is 610 g/mol. The third kappa shape index (κ3) is 6.69. The van der Waals surface area contributed by atoms with Crippen molar-refractivity contribution in [2.24, 2.45) is 0 Å². The summed E-state index contributed by atoms with van der Waals surface area (Å²) >= 11 is 12.3. The highest BCUT2D eigenvalue weighted by Gasteiger charge is 2.40. The number of hydrogen-bond donors (Lipinski definition) is 0. The van der Waals surface area contributed by atoms with Crippen LogP contribution < -0.4 is 0 Å². The summed E-state index contributed by atoms with van der Waals surface area (Å²) in [5.74, 6) is -3.63. The van der Waals surface area contributed by atoms with Gasteiger partial charge in [-0.2, -0.15) is 13.2 Å². The Morgan fingerprint density at radius 2 is 1.68 bits per heavy atom. The number of amides is 1. The van der Waals surface area contributed by atoms with Crippen LogP contribution in [0.1, 0.15) is 39.9 Å². The summed E-state index contributed by atoms with van der Waals surface area (Å²) in [4.78, 5) is 16.5. The van der Waals surface area contributed by atoms with E-state index in [1.165, 1.54) is 17.9 Å². The summed E-state index contributed by atoms with van der Waals surface area (Å²) in [6.45, 7) is 1.63. The lowest BCUT2D eigenvalue weighted by Crippen LogP contribution is -2.38. The number of likely N-dealkylation sites (N-methyl/N-ethyl adjacent to an activating group) is 1. The van der Waals surface area contributed by atoms with Gasteiger partial charge in [0.05, 0.1) is 31.8 Å². The second kappa shape index (κ2) is 11.9. The van der Waals surface area contributed by atoms with Crippen molar-refractivity contribution in [3.05, 3.63) is 98.5 Å². The Morgan fingerprint density at radius 1 is 0.976 bits per heavy atom. The maximum Gasteiger partial charge on any atom is 0.419 e. The fourth-order valence-electron chi connectivity index (χ4n) is 4.96. The number of halogens is 7. The van der Waals surface area contributed by atoms with Gasteiger partial charge in [-0.25, -0.2) is 17.2 Å². The van der Waals surface area contributed by atoms with Crippen molar-refractivity contribution in [1.29, 1.82) is 0 Å². The van der Waals surface area contributed by atoms with Gasteiger partial charge in [0, 0.05) is 31.6 Å². The highest BCUT2D eigenvalue weighted by atomic mass is 35.5. The molecule has 3 aromatic carbocycles. The fraction of sp³-hybridized carbons (Fsp3) is 0.321. The van der Waals surface area contributed by atoms with Crippen molar-refractivity contribution in [3.63, 3.8) is 0 Å². The van der Waals surface area contributed by atoms with E-state index >= 15 is 0 Å². The summed E-state index contributed by atoms with van der Waals surface area (Å²) in [7, 11) is -2.03. The summed E-state index contributed by atoms with van der Waals surface area (Å²) in [6, 6.07) is 10.2. The molecule has 0 radical (unpaired) electrons. The summed E-state index contributed by atoms with van der Waals surface area (Å²) in [5.41, 5.74) is -0.794. The van der Waals surface area contributed by atoms with Crippen LogP contribution in [0.5, 0.6) is 0 Å². The van der Waals surface area contributed by atoms with Gasteiger partial charge in [0.2, 0.25) is 0 Å². The molecule has 1 heterocycles. The highest BCUT2D eigenvalue weighted by molar-refractivity contribution is 7.91. The molecule has 1 fully saturated rings. The molecule has 2 atom stereocenters. The van der Waals surface area contributed by atoms with Gasteiger partial charge in [-0.15, -0.1) is 0 Å². The molecule has 0 bridgehead atoms. The minimum atomic E-state index is -4.83. The van der Waals surface area contributed by atoms with E-state index in [0.717, 1.165) is 24.3 Å². The van der Waals surface area contributed by atoms with Gasteiger partial charge in [-0.3, -0.25) is 9.69 Å². The van der Waals surface area contributed by atoms with Gasteiger partial charge >= 0.3 is 6.18 Å². The van der Waals surface area contributed by atoms with Crippen LogP contribution in [0.15, 0.2) is 59.5 Å². The number of carbonyl (C=O) groups excluding carboxylic acids is 1. The van der Waals surface area contributed by atoms with Crippen molar-refractivity contribution in [3.8, 4) is 0 Å². The van der Waals surface area contributed by atoms with Crippen LogP contribution in [0.25, 0.3) is 0 Å². The second-order valence-electron chi connectivity index (χ2n) is 9.83. The molecule has 1 amide bonds. The third-order valence-electron chi connectivity index (χ3n) is 7.19. The van der Waals surface area contributed by atoms with Gasteiger partial charge in [0.15, 0.2) is 9.84 Å². The Hall–Kier alpha value is -2.73. The van der Waals surface area contributed by atoms with Gasteiger partial charge in [0.1, 0.15) is 11.6 Å². The number of nitrogens with zero attached hydrogens (tertiary/aromatic N) is 2. The zero-order valence-electron chi connectivity index (χ0n) is 21.9. The van der Waals surface area contributed by atoms with Crippen LogP contribution in [0.4, 0.5) is 22.0 Å². The van der Waals surface area contributed by atoms with E-state index in [2.05, 4.69) is 0 Å². The lowest BCUT2D eigenvalue weighted by molar-refractivity contribution is -0.140. The summed E-state index contributed by atoms with van der Waals surface area (Å²) < 4.78 is 92.8. The smallest absolute Gasteiger partial charge is 0.336 e. The standard InChI is InChI=1S/C28H25Cl2F5N2O3S/c1-3-41(39,40)18-6-9-24(31)19(12-18)27(38)37-14-20(17-5-8-22(29)23(30)11-17)26(15-37)36(2)13-16-4-7-21(25(32)10-16)28(33,34)35/h4-12,20,26H,3,13-15H2,1-2H3/t20-,26?/m1/s1. The van der Waals surface area contributed by atoms with E-state index < -0.39 is 56.6 Å². The zero-order chi connectivity index (χ0) is 30.3. The largest absolute Gasteiger partial charge is 0.419 e. The Labute approximate surface area is 244 Å². The molecule has 0 aromatic heterocycles. The molecule has 13 heteroatoms. The third-order valence-corrected chi connectivity index (χ3v) is 9.66. The lowest BCUT2D eigenvalue weighted by atomic mass is 9.93. The average molecular weight is 635 g/mol. The number of hydrogen-bond acceptors (Lipinski definition) is 4. The van der Waals surface area contributed by atoms with Crippen LogP contribution in [0, 0.1) is 11.6 Å². The molecule has 1 saturated heterocycles. The molecule has 4 rings (SSSR count). The number of alkyl halides is 3. The number of carbonyl (C=O) groups is 1. The molecule has 1 aliphatic heterocycles. The van der Waals surface area contributed by atoms with Crippen molar-refractivity contribution in [2.45, 2.75) is 36.5 Å². The van der Waals surface area contributed by atoms with Crippen molar-refractivity contribution in [2.75, 3.05) is 25.9 Å². The van der Waals surface area contributed by atoms with Crippen molar-refractivity contribution in [1.82, 2.24) is 9.80 Å². The molecule has 41 heavy (non-hydrogen) atoms. The van der Waals surface area contributed by atoms with Crippen molar-refractivity contribution >= 4 is 38.9 Å². The lowest BCUT2D eigenvalue weighted by Gasteiger charge is -2.29. The molecule has 3 aromatic rings. The molecule has 1 aliphatic rings.